The molecular weight excluding hydrogens is 156 g/mol. The Labute approximate surface area is 71.9 Å². The third kappa shape index (κ3) is 2.60. The van der Waals surface area contributed by atoms with Gasteiger partial charge in [0.1, 0.15) is 5.01 Å². The molecule has 0 spiro atoms. The van der Waals surface area contributed by atoms with Crippen LogP contribution in [0.3, 0.4) is 0 Å². The van der Waals surface area contributed by atoms with Gasteiger partial charge in [-0.3, -0.25) is 0 Å². The summed E-state index contributed by atoms with van der Waals surface area (Å²) in [7, 11) is 4.13. The van der Waals surface area contributed by atoms with E-state index >= 15 is 0 Å². The van der Waals surface area contributed by atoms with Crippen LogP contribution >= 0.6 is 11.3 Å². The first-order valence-electron chi connectivity index (χ1n) is 3.80. The molecule has 0 amide bonds. The second-order valence-electron chi connectivity index (χ2n) is 2.81. The van der Waals surface area contributed by atoms with Gasteiger partial charge in [0.15, 0.2) is 0 Å². The largest absolute Gasteiger partial charge is 0.303 e. The van der Waals surface area contributed by atoms with Gasteiger partial charge in [0, 0.05) is 17.6 Å². The van der Waals surface area contributed by atoms with Crippen LogP contribution in [0.1, 0.15) is 16.8 Å². The van der Waals surface area contributed by atoms with E-state index < -0.39 is 0 Å². The van der Waals surface area contributed by atoms with Gasteiger partial charge in [-0.05, 0) is 20.5 Å². The topological polar surface area (TPSA) is 16.1 Å². The van der Waals surface area contributed by atoms with E-state index in [1.54, 1.807) is 0 Å². The highest BCUT2D eigenvalue weighted by molar-refractivity contribution is 7.11. The van der Waals surface area contributed by atoms with Crippen molar-refractivity contribution in [1.29, 1.82) is 0 Å². The zero-order valence-corrected chi connectivity index (χ0v) is 8.11. The lowest BCUT2D eigenvalue weighted by atomic mass is 10.4. The van der Waals surface area contributed by atoms with Gasteiger partial charge in [-0.1, -0.05) is 6.92 Å². The molecule has 1 aromatic rings. The van der Waals surface area contributed by atoms with Crippen molar-refractivity contribution in [3.63, 3.8) is 0 Å². The molecule has 0 atom stereocenters. The Kier molecular flexibility index (Phi) is 3.02. The van der Waals surface area contributed by atoms with Crippen LogP contribution in [0.15, 0.2) is 6.20 Å². The van der Waals surface area contributed by atoms with Gasteiger partial charge < -0.3 is 4.90 Å². The second-order valence-corrected chi connectivity index (χ2v) is 4.01. The summed E-state index contributed by atoms with van der Waals surface area (Å²) in [6.07, 6.45) is 3.08. The molecule has 0 aliphatic rings. The van der Waals surface area contributed by atoms with E-state index in [9.17, 15) is 0 Å². The van der Waals surface area contributed by atoms with Crippen LogP contribution in [-0.2, 0) is 13.0 Å². The fraction of sp³-hybridized carbons (Fsp3) is 0.625. The number of hydrogen-bond acceptors (Lipinski definition) is 3. The molecule has 0 unspecified atom stereocenters. The van der Waals surface area contributed by atoms with Gasteiger partial charge in [0.2, 0.25) is 0 Å². The van der Waals surface area contributed by atoms with Gasteiger partial charge in [-0.15, -0.1) is 11.3 Å². The maximum atomic E-state index is 4.30. The molecule has 0 aromatic carbocycles. The van der Waals surface area contributed by atoms with Crippen molar-refractivity contribution in [2.45, 2.75) is 19.9 Å². The van der Waals surface area contributed by atoms with Crippen LogP contribution in [0.2, 0.25) is 0 Å². The van der Waals surface area contributed by atoms with E-state index in [-0.39, 0.29) is 0 Å². The predicted octanol–water partition coefficient (Wildman–Crippen LogP) is 1.77. The Morgan fingerprint density at radius 3 is 2.73 bits per heavy atom. The lowest BCUT2D eigenvalue weighted by Crippen LogP contribution is -2.09. The number of aryl methyl sites for hydroxylation is 1. The summed E-state index contributed by atoms with van der Waals surface area (Å²) in [6, 6.07) is 0. The van der Waals surface area contributed by atoms with Crippen LogP contribution in [0.5, 0.6) is 0 Å². The third-order valence-corrected chi connectivity index (χ3v) is 2.53. The quantitative estimate of drug-likeness (QED) is 0.687. The summed E-state index contributed by atoms with van der Waals surface area (Å²) in [5.74, 6) is 0. The van der Waals surface area contributed by atoms with Crippen LogP contribution in [0.25, 0.3) is 0 Å². The van der Waals surface area contributed by atoms with Crippen molar-refractivity contribution in [3.05, 3.63) is 16.1 Å². The molecule has 62 valence electrons. The van der Waals surface area contributed by atoms with Crippen LogP contribution < -0.4 is 0 Å². The van der Waals surface area contributed by atoms with Crippen LogP contribution in [0.4, 0.5) is 0 Å². The predicted molar refractivity (Wildman–Crippen MR) is 48.9 cm³/mol. The summed E-state index contributed by atoms with van der Waals surface area (Å²) in [4.78, 5) is 7.82. The molecule has 3 heteroatoms. The first-order chi connectivity index (χ1) is 5.22. The number of aromatic nitrogens is 1. The Bertz CT molecular complexity index is 218. The van der Waals surface area contributed by atoms with Crippen molar-refractivity contribution in [2.24, 2.45) is 0 Å². The minimum absolute atomic E-state index is 0.963. The highest BCUT2D eigenvalue weighted by Gasteiger charge is 2.00. The van der Waals surface area contributed by atoms with Gasteiger partial charge in [0.05, 0.1) is 0 Å². The van der Waals surface area contributed by atoms with E-state index in [1.165, 1.54) is 9.88 Å². The molecule has 0 aliphatic carbocycles. The summed E-state index contributed by atoms with van der Waals surface area (Å²) in [5.41, 5.74) is 0. The first-order valence-corrected chi connectivity index (χ1v) is 4.62. The molecule has 0 radical (unpaired) electrons. The molecule has 1 aromatic heterocycles. The SMILES string of the molecule is CCc1cnc(CN(C)C)s1. The first kappa shape index (κ1) is 8.68. The van der Waals surface area contributed by atoms with Crippen molar-refractivity contribution < 1.29 is 0 Å². The lowest BCUT2D eigenvalue weighted by molar-refractivity contribution is 0.401. The molecule has 2 nitrogen and oxygen atoms in total. The monoisotopic (exact) mass is 170 g/mol. The molecule has 0 aliphatic heterocycles. The maximum absolute atomic E-state index is 4.30. The number of hydrogen-bond donors (Lipinski definition) is 0. The summed E-state index contributed by atoms with van der Waals surface area (Å²) >= 11 is 1.81. The molecule has 0 fully saturated rings. The highest BCUT2D eigenvalue weighted by Crippen LogP contribution is 2.13. The zero-order valence-electron chi connectivity index (χ0n) is 7.29. The minimum atomic E-state index is 0.963. The fourth-order valence-corrected chi connectivity index (χ4v) is 1.84. The molecule has 0 bridgehead atoms. The molecule has 0 saturated carbocycles. The average molecular weight is 170 g/mol. The smallest absolute Gasteiger partial charge is 0.107 e. The van der Waals surface area contributed by atoms with Gasteiger partial charge in [-0.25, -0.2) is 4.98 Å². The summed E-state index contributed by atoms with van der Waals surface area (Å²) in [6.45, 7) is 3.12. The maximum Gasteiger partial charge on any atom is 0.107 e. The number of nitrogens with zero attached hydrogens (tertiary/aromatic N) is 2. The van der Waals surface area contributed by atoms with Crippen molar-refractivity contribution in [3.8, 4) is 0 Å². The Morgan fingerprint density at radius 1 is 1.55 bits per heavy atom. The Balaban J connectivity index is 2.58. The van der Waals surface area contributed by atoms with Crippen molar-refractivity contribution in [2.75, 3.05) is 14.1 Å². The highest BCUT2D eigenvalue weighted by atomic mass is 32.1. The normalized spacial score (nSPS) is 10.9. The summed E-state index contributed by atoms with van der Waals surface area (Å²) in [5, 5.41) is 1.21. The van der Waals surface area contributed by atoms with E-state index in [2.05, 4.69) is 30.9 Å². The lowest BCUT2D eigenvalue weighted by Gasteiger charge is -2.04. The Morgan fingerprint density at radius 2 is 2.27 bits per heavy atom. The average Bonchev–Trinajstić information content (AvgIpc) is 2.34. The number of thiazole rings is 1. The van der Waals surface area contributed by atoms with Crippen LogP contribution in [-0.4, -0.2) is 24.0 Å². The molecule has 0 N–H and O–H groups in total. The summed E-state index contributed by atoms with van der Waals surface area (Å²) < 4.78 is 0. The molecule has 0 saturated heterocycles. The van der Waals surface area contributed by atoms with Crippen LogP contribution in [0, 0.1) is 0 Å². The Hall–Kier alpha value is -0.410. The minimum Gasteiger partial charge on any atom is -0.303 e. The van der Waals surface area contributed by atoms with E-state index in [1.807, 2.05) is 17.5 Å². The van der Waals surface area contributed by atoms with Crippen molar-refractivity contribution >= 4 is 11.3 Å². The van der Waals surface area contributed by atoms with Gasteiger partial charge in [0.25, 0.3) is 0 Å². The second kappa shape index (κ2) is 3.83. The van der Waals surface area contributed by atoms with E-state index in [0.717, 1.165) is 13.0 Å². The van der Waals surface area contributed by atoms with E-state index in [0.29, 0.717) is 0 Å². The molecule has 1 heterocycles. The van der Waals surface area contributed by atoms with Gasteiger partial charge in [-0.2, -0.15) is 0 Å². The van der Waals surface area contributed by atoms with E-state index in [4.69, 9.17) is 0 Å². The zero-order chi connectivity index (χ0) is 8.27. The third-order valence-electron chi connectivity index (χ3n) is 1.40. The van der Waals surface area contributed by atoms with Crippen molar-refractivity contribution in [1.82, 2.24) is 9.88 Å². The van der Waals surface area contributed by atoms with Gasteiger partial charge >= 0.3 is 0 Å². The molecule has 11 heavy (non-hydrogen) atoms. The molecule has 1 rings (SSSR count). The standard InChI is InChI=1S/C8H14N2S/c1-4-7-5-9-8(11-7)6-10(2)3/h5H,4,6H2,1-3H3. The fourth-order valence-electron chi connectivity index (χ4n) is 0.855. The molecular formula is C8H14N2S. The number of rotatable bonds is 3.